The monoisotopic (exact) mass is 194 g/mol. The largest absolute Gasteiger partial charge is 0.545 e. The molecule has 1 fully saturated rings. The molecule has 2 aliphatic rings. The first kappa shape index (κ1) is 8.83. The molecular weight excluding hydrogens is 187 g/mol. The Balaban J connectivity index is 1.96. The highest BCUT2D eigenvalue weighted by Crippen LogP contribution is 2.41. The molecule has 0 unspecified atom stereocenters. The third-order valence-electron chi connectivity index (χ3n) is 1.79. The molecule has 73 valence electrons. The van der Waals surface area contributed by atoms with Crippen molar-refractivity contribution in [3.8, 4) is 0 Å². The second-order valence-corrected chi connectivity index (χ2v) is 2.90. The zero-order valence-electron chi connectivity index (χ0n) is 6.54. The Morgan fingerprint density at radius 2 is 2.15 bits per heavy atom. The lowest BCUT2D eigenvalue weighted by molar-refractivity contribution is -0.472. The molecule has 0 spiro atoms. The van der Waals surface area contributed by atoms with E-state index < -0.39 is 6.36 Å². The van der Waals surface area contributed by atoms with Crippen LogP contribution in [0, 0.1) is 12.5 Å². The van der Waals surface area contributed by atoms with Gasteiger partial charge in [-0.25, -0.2) is 4.84 Å². The van der Waals surface area contributed by atoms with Crippen LogP contribution >= 0.6 is 0 Å². The Morgan fingerprint density at radius 3 is 2.69 bits per heavy atom. The van der Waals surface area contributed by atoms with Gasteiger partial charge in [-0.2, -0.15) is 0 Å². The fourth-order valence-electron chi connectivity index (χ4n) is 1.11. The predicted octanol–water partition coefficient (Wildman–Crippen LogP) is 2.14. The van der Waals surface area contributed by atoms with E-state index in [0.29, 0.717) is 10.9 Å². The predicted molar refractivity (Wildman–Crippen MR) is 35.2 cm³/mol. The zero-order valence-corrected chi connectivity index (χ0v) is 6.54. The number of allylic oxidation sites excluding steroid dienone is 1. The lowest BCUT2D eigenvalue weighted by Gasteiger charge is -2.19. The second-order valence-electron chi connectivity index (χ2n) is 2.90. The number of halogens is 3. The summed E-state index contributed by atoms with van der Waals surface area (Å²) in [6.45, 7) is 1.18. The van der Waals surface area contributed by atoms with E-state index in [4.69, 9.17) is 0 Å². The Morgan fingerprint density at radius 1 is 1.46 bits per heavy atom. The van der Waals surface area contributed by atoms with Crippen LogP contribution in [0.25, 0.3) is 0 Å². The summed E-state index contributed by atoms with van der Waals surface area (Å²) in [6, 6.07) is 0. The van der Waals surface area contributed by atoms with Crippen molar-refractivity contribution in [2.45, 2.75) is 19.2 Å². The van der Waals surface area contributed by atoms with Gasteiger partial charge < -0.3 is 0 Å². The smallest absolute Gasteiger partial charge is 0.238 e. The second kappa shape index (κ2) is 2.88. The molecule has 6 heteroatoms. The van der Waals surface area contributed by atoms with E-state index in [0.717, 1.165) is 12.8 Å². The van der Waals surface area contributed by atoms with Gasteiger partial charge in [0.25, 0.3) is 0 Å². The van der Waals surface area contributed by atoms with Crippen molar-refractivity contribution in [1.82, 2.24) is 5.23 Å². The van der Waals surface area contributed by atoms with Gasteiger partial charge in [0, 0.05) is 5.92 Å². The maximum atomic E-state index is 11.8. The summed E-state index contributed by atoms with van der Waals surface area (Å²) in [5.41, 5.74) is 0.442. The topological polar surface area (TPSA) is 21.7 Å². The molecule has 0 atom stereocenters. The fraction of sp³-hybridized carbons (Fsp3) is 0.571. The van der Waals surface area contributed by atoms with Crippen LogP contribution in [0.2, 0.25) is 0 Å². The third-order valence-corrected chi connectivity index (χ3v) is 1.79. The van der Waals surface area contributed by atoms with E-state index in [9.17, 15) is 13.2 Å². The van der Waals surface area contributed by atoms with Crippen molar-refractivity contribution in [2.75, 3.05) is 0 Å². The molecule has 1 aliphatic carbocycles. The van der Waals surface area contributed by atoms with Crippen molar-refractivity contribution < 1.29 is 22.8 Å². The SMILES string of the molecule is FC(F)(F)ON1O[CH]C=C1C1CC1. The maximum absolute atomic E-state index is 11.8. The molecule has 0 amide bonds. The van der Waals surface area contributed by atoms with Gasteiger partial charge in [0.15, 0.2) is 0 Å². The van der Waals surface area contributed by atoms with Crippen LogP contribution in [-0.4, -0.2) is 11.6 Å². The molecule has 13 heavy (non-hydrogen) atoms. The number of hydroxylamine groups is 2. The van der Waals surface area contributed by atoms with Crippen LogP contribution in [0.1, 0.15) is 12.8 Å². The van der Waals surface area contributed by atoms with Crippen molar-refractivity contribution in [3.05, 3.63) is 18.4 Å². The van der Waals surface area contributed by atoms with Gasteiger partial charge in [-0.3, -0.25) is 0 Å². The highest BCUT2D eigenvalue weighted by molar-refractivity contribution is 5.14. The Labute approximate surface area is 72.6 Å². The Bertz CT molecular complexity index is 234. The average Bonchev–Trinajstić information content (AvgIpc) is 2.72. The van der Waals surface area contributed by atoms with Gasteiger partial charge in [-0.05, 0) is 18.9 Å². The number of hydrogen-bond donors (Lipinski definition) is 0. The molecule has 2 rings (SSSR count). The standard InChI is InChI=1S/C7H7F3NO2/c8-7(9,10)13-11-6(3-4-12-11)5-1-2-5/h3-5H,1-2H2. The molecule has 1 saturated carbocycles. The quantitative estimate of drug-likeness (QED) is 0.672. The zero-order chi connectivity index (χ0) is 9.47. The number of nitrogens with zero attached hydrogens (tertiary/aromatic N) is 1. The van der Waals surface area contributed by atoms with Gasteiger partial charge in [0.05, 0.1) is 5.70 Å². The summed E-state index contributed by atoms with van der Waals surface area (Å²) in [7, 11) is 0. The Kier molecular flexibility index (Phi) is 1.96. The molecule has 0 aromatic carbocycles. The minimum Gasteiger partial charge on any atom is -0.238 e. The van der Waals surface area contributed by atoms with Crippen LogP contribution < -0.4 is 0 Å². The van der Waals surface area contributed by atoms with Crippen LogP contribution in [0.15, 0.2) is 11.8 Å². The molecule has 1 aliphatic heterocycles. The van der Waals surface area contributed by atoms with Crippen LogP contribution in [-0.2, 0) is 9.68 Å². The summed E-state index contributed by atoms with van der Waals surface area (Å²) >= 11 is 0. The first-order chi connectivity index (χ1) is 6.06. The summed E-state index contributed by atoms with van der Waals surface area (Å²) in [5, 5.41) is 0.428. The van der Waals surface area contributed by atoms with Crippen molar-refractivity contribution in [2.24, 2.45) is 5.92 Å². The molecule has 0 aromatic heterocycles. The molecule has 1 radical (unpaired) electrons. The summed E-state index contributed by atoms with van der Waals surface area (Å²) in [4.78, 5) is 8.14. The van der Waals surface area contributed by atoms with Gasteiger partial charge >= 0.3 is 6.36 Å². The highest BCUT2D eigenvalue weighted by Gasteiger charge is 2.41. The molecule has 0 aromatic rings. The van der Waals surface area contributed by atoms with E-state index in [2.05, 4.69) is 9.68 Å². The molecule has 0 N–H and O–H groups in total. The lowest BCUT2D eigenvalue weighted by atomic mass is 10.3. The third kappa shape index (κ3) is 2.13. The first-order valence-corrected chi connectivity index (χ1v) is 3.82. The number of hydrogen-bond acceptors (Lipinski definition) is 3. The van der Waals surface area contributed by atoms with Crippen molar-refractivity contribution >= 4 is 0 Å². The van der Waals surface area contributed by atoms with Gasteiger partial charge in [0.2, 0.25) is 0 Å². The van der Waals surface area contributed by atoms with Crippen molar-refractivity contribution in [3.63, 3.8) is 0 Å². The number of rotatable bonds is 2. The molecular formula is C7H7F3NO2. The summed E-state index contributed by atoms with van der Waals surface area (Å²) in [5.74, 6) is 0.154. The van der Waals surface area contributed by atoms with Crippen molar-refractivity contribution in [1.29, 1.82) is 0 Å². The van der Waals surface area contributed by atoms with E-state index in [1.165, 1.54) is 12.7 Å². The van der Waals surface area contributed by atoms with Gasteiger partial charge in [-0.1, -0.05) is 0 Å². The van der Waals surface area contributed by atoms with E-state index >= 15 is 0 Å². The van der Waals surface area contributed by atoms with E-state index in [-0.39, 0.29) is 5.92 Å². The molecule has 3 nitrogen and oxygen atoms in total. The van der Waals surface area contributed by atoms with Crippen LogP contribution in [0.4, 0.5) is 13.2 Å². The molecule has 1 heterocycles. The normalized spacial score (nSPS) is 23.6. The van der Waals surface area contributed by atoms with Gasteiger partial charge in [-0.15, -0.1) is 23.2 Å². The van der Waals surface area contributed by atoms with Crippen LogP contribution in [0.5, 0.6) is 0 Å². The number of alkyl halides is 3. The van der Waals surface area contributed by atoms with Crippen LogP contribution in [0.3, 0.4) is 0 Å². The summed E-state index contributed by atoms with van der Waals surface area (Å²) in [6.07, 6.45) is -1.43. The maximum Gasteiger partial charge on any atom is 0.545 e. The van der Waals surface area contributed by atoms with E-state index in [1.54, 1.807) is 0 Å². The van der Waals surface area contributed by atoms with Gasteiger partial charge in [0.1, 0.15) is 6.61 Å². The highest BCUT2D eigenvalue weighted by atomic mass is 19.4. The fourth-order valence-corrected chi connectivity index (χ4v) is 1.11. The minimum atomic E-state index is -4.70. The lowest BCUT2D eigenvalue weighted by Crippen LogP contribution is -2.28. The molecule has 0 bridgehead atoms. The first-order valence-electron chi connectivity index (χ1n) is 3.82. The molecule has 0 saturated heterocycles. The average molecular weight is 194 g/mol. The Hall–Kier alpha value is -0.750. The van der Waals surface area contributed by atoms with E-state index in [1.807, 2.05) is 0 Å². The minimum absolute atomic E-state index is 0.154. The summed E-state index contributed by atoms with van der Waals surface area (Å²) < 4.78 is 35.3.